The van der Waals surface area contributed by atoms with Crippen molar-refractivity contribution in [1.82, 2.24) is 10.2 Å². The van der Waals surface area contributed by atoms with Crippen LogP contribution in [0.2, 0.25) is 0 Å². The SMILES string of the molecule is O=C(CCN1CCSC1=O)NC1CCCC(C(=O)O)C1. The summed E-state index contributed by atoms with van der Waals surface area (Å²) in [5.41, 5.74) is 0. The molecule has 20 heavy (non-hydrogen) atoms. The van der Waals surface area contributed by atoms with Gasteiger partial charge in [-0.2, -0.15) is 0 Å². The number of nitrogens with one attached hydrogen (secondary N) is 1. The summed E-state index contributed by atoms with van der Waals surface area (Å²) in [7, 11) is 0. The molecular weight excluding hydrogens is 280 g/mol. The van der Waals surface area contributed by atoms with Gasteiger partial charge in [-0.05, 0) is 19.3 Å². The van der Waals surface area contributed by atoms with Gasteiger partial charge in [-0.3, -0.25) is 14.4 Å². The maximum atomic E-state index is 11.8. The van der Waals surface area contributed by atoms with Gasteiger partial charge in [-0.1, -0.05) is 18.2 Å². The largest absolute Gasteiger partial charge is 0.481 e. The van der Waals surface area contributed by atoms with E-state index in [4.69, 9.17) is 5.11 Å². The van der Waals surface area contributed by atoms with Gasteiger partial charge in [0.2, 0.25) is 5.91 Å². The second-order valence-corrected chi connectivity index (χ2v) is 6.36. The van der Waals surface area contributed by atoms with E-state index >= 15 is 0 Å². The fraction of sp³-hybridized carbons (Fsp3) is 0.769. The molecule has 2 amide bonds. The molecule has 6 nitrogen and oxygen atoms in total. The number of amides is 2. The van der Waals surface area contributed by atoms with Gasteiger partial charge in [0.1, 0.15) is 0 Å². The van der Waals surface area contributed by atoms with E-state index in [1.165, 1.54) is 11.8 Å². The zero-order valence-electron chi connectivity index (χ0n) is 11.3. The highest BCUT2D eigenvalue weighted by Gasteiger charge is 2.28. The first-order chi connectivity index (χ1) is 9.56. The third-order valence-corrected chi connectivity index (χ3v) is 4.73. The first-order valence-corrected chi connectivity index (χ1v) is 7.98. The van der Waals surface area contributed by atoms with Crippen molar-refractivity contribution in [2.24, 2.45) is 5.92 Å². The zero-order valence-corrected chi connectivity index (χ0v) is 12.2. The van der Waals surface area contributed by atoms with Crippen LogP contribution in [0.4, 0.5) is 4.79 Å². The van der Waals surface area contributed by atoms with Crippen molar-refractivity contribution in [3.63, 3.8) is 0 Å². The van der Waals surface area contributed by atoms with Gasteiger partial charge < -0.3 is 15.3 Å². The summed E-state index contributed by atoms with van der Waals surface area (Å²) in [5, 5.41) is 11.9. The minimum atomic E-state index is -0.774. The zero-order chi connectivity index (χ0) is 14.5. The lowest BCUT2D eigenvalue weighted by Gasteiger charge is -2.27. The molecule has 0 bridgehead atoms. The molecule has 1 aliphatic heterocycles. The van der Waals surface area contributed by atoms with E-state index in [1.54, 1.807) is 4.90 Å². The van der Waals surface area contributed by atoms with E-state index < -0.39 is 5.97 Å². The fourth-order valence-electron chi connectivity index (χ4n) is 2.71. The highest BCUT2D eigenvalue weighted by atomic mass is 32.2. The molecule has 2 aliphatic rings. The Kier molecular flexibility index (Phi) is 5.28. The molecule has 2 atom stereocenters. The van der Waals surface area contributed by atoms with Crippen LogP contribution >= 0.6 is 11.8 Å². The van der Waals surface area contributed by atoms with Gasteiger partial charge in [0.15, 0.2) is 0 Å². The molecule has 0 aromatic rings. The number of nitrogens with zero attached hydrogens (tertiary/aromatic N) is 1. The van der Waals surface area contributed by atoms with Gasteiger partial charge in [0.25, 0.3) is 5.24 Å². The molecule has 2 unspecified atom stereocenters. The highest BCUT2D eigenvalue weighted by molar-refractivity contribution is 8.13. The van der Waals surface area contributed by atoms with Crippen LogP contribution in [0, 0.1) is 5.92 Å². The summed E-state index contributed by atoms with van der Waals surface area (Å²) in [6.45, 7) is 1.16. The summed E-state index contributed by atoms with van der Waals surface area (Å²) < 4.78 is 0. The number of carboxylic acid groups (broad SMARTS) is 1. The topological polar surface area (TPSA) is 86.7 Å². The average molecular weight is 300 g/mol. The average Bonchev–Trinajstić information content (AvgIpc) is 2.82. The molecule has 0 aromatic heterocycles. The maximum Gasteiger partial charge on any atom is 0.306 e. The van der Waals surface area contributed by atoms with E-state index in [0.29, 0.717) is 32.4 Å². The number of hydrogen-bond acceptors (Lipinski definition) is 4. The highest BCUT2D eigenvalue weighted by Crippen LogP contribution is 2.24. The Morgan fingerprint density at radius 1 is 1.40 bits per heavy atom. The molecule has 112 valence electrons. The Hall–Kier alpha value is -1.24. The van der Waals surface area contributed by atoms with Gasteiger partial charge in [0.05, 0.1) is 5.92 Å². The Bertz CT molecular complexity index is 402. The second kappa shape index (κ2) is 6.97. The van der Waals surface area contributed by atoms with Crippen molar-refractivity contribution in [3.05, 3.63) is 0 Å². The van der Waals surface area contributed by atoms with E-state index in [9.17, 15) is 14.4 Å². The Balaban J connectivity index is 1.71. The predicted octanol–water partition coefficient (Wildman–Crippen LogP) is 1.30. The first-order valence-electron chi connectivity index (χ1n) is 7.00. The minimum Gasteiger partial charge on any atom is -0.481 e. The summed E-state index contributed by atoms with van der Waals surface area (Å²) >= 11 is 1.29. The van der Waals surface area contributed by atoms with Crippen LogP contribution in [0.5, 0.6) is 0 Å². The second-order valence-electron chi connectivity index (χ2n) is 5.32. The predicted molar refractivity (Wildman–Crippen MR) is 75.6 cm³/mol. The van der Waals surface area contributed by atoms with Gasteiger partial charge in [-0.25, -0.2) is 0 Å². The van der Waals surface area contributed by atoms with Crippen molar-refractivity contribution >= 4 is 28.9 Å². The standard InChI is InChI=1S/C13H20N2O4S/c16-11(4-5-15-6-7-20-13(15)19)14-10-3-1-2-9(8-10)12(17)18/h9-10H,1-8H2,(H,14,16)(H,17,18). The van der Waals surface area contributed by atoms with Crippen LogP contribution < -0.4 is 5.32 Å². The molecule has 7 heteroatoms. The van der Waals surface area contributed by atoms with Crippen LogP contribution in [0.1, 0.15) is 32.1 Å². The molecule has 1 aliphatic carbocycles. The lowest BCUT2D eigenvalue weighted by molar-refractivity contribution is -0.143. The molecule has 2 N–H and O–H groups in total. The molecule has 0 spiro atoms. The Morgan fingerprint density at radius 3 is 2.85 bits per heavy atom. The number of carbonyl (C=O) groups is 3. The van der Waals surface area contributed by atoms with E-state index in [0.717, 1.165) is 18.6 Å². The molecule has 1 heterocycles. The normalized spacial score (nSPS) is 26.6. The summed E-state index contributed by atoms with van der Waals surface area (Å²) in [4.78, 5) is 35.9. The van der Waals surface area contributed by atoms with Gasteiger partial charge in [0, 0.05) is 31.3 Å². The number of rotatable bonds is 5. The molecule has 0 radical (unpaired) electrons. The van der Waals surface area contributed by atoms with Crippen LogP contribution in [-0.2, 0) is 9.59 Å². The molecular formula is C13H20N2O4S. The van der Waals surface area contributed by atoms with E-state index in [-0.39, 0.29) is 23.1 Å². The smallest absolute Gasteiger partial charge is 0.306 e. The van der Waals surface area contributed by atoms with Crippen LogP contribution in [0.15, 0.2) is 0 Å². The molecule has 2 fully saturated rings. The number of carboxylic acids is 1. The summed E-state index contributed by atoms with van der Waals surface area (Å²) in [5.74, 6) is -0.413. The lowest BCUT2D eigenvalue weighted by atomic mass is 9.86. The number of thioether (sulfide) groups is 1. The number of aliphatic carboxylic acids is 1. The molecule has 2 rings (SSSR count). The molecule has 1 saturated heterocycles. The van der Waals surface area contributed by atoms with Crippen molar-refractivity contribution in [2.45, 2.75) is 38.1 Å². The Labute approximate surface area is 122 Å². The van der Waals surface area contributed by atoms with Gasteiger partial charge >= 0.3 is 5.97 Å². The fourth-order valence-corrected chi connectivity index (χ4v) is 3.56. The van der Waals surface area contributed by atoms with Crippen LogP contribution in [-0.4, -0.2) is 52.0 Å². The Morgan fingerprint density at radius 2 is 2.20 bits per heavy atom. The molecule has 1 saturated carbocycles. The van der Waals surface area contributed by atoms with Crippen LogP contribution in [0.25, 0.3) is 0 Å². The lowest BCUT2D eigenvalue weighted by Crippen LogP contribution is -2.41. The summed E-state index contributed by atoms with van der Waals surface area (Å²) in [6, 6.07) is -0.0407. The maximum absolute atomic E-state index is 11.8. The quantitative estimate of drug-likeness (QED) is 0.799. The first kappa shape index (κ1) is 15.2. The van der Waals surface area contributed by atoms with Crippen molar-refractivity contribution in [2.75, 3.05) is 18.8 Å². The van der Waals surface area contributed by atoms with E-state index in [2.05, 4.69) is 5.32 Å². The van der Waals surface area contributed by atoms with E-state index in [1.807, 2.05) is 0 Å². The van der Waals surface area contributed by atoms with Crippen molar-refractivity contribution < 1.29 is 19.5 Å². The van der Waals surface area contributed by atoms with Crippen LogP contribution in [0.3, 0.4) is 0 Å². The third kappa shape index (κ3) is 4.13. The summed E-state index contributed by atoms with van der Waals surface area (Å²) in [6.07, 6.45) is 3.18. The molecule has 0 aromatic carbocycles. The van der Waals surface area contributed by atoms with Crippen molar-refractivity contribution in [3.8, 4) is 0 Å². The minimum absolute atomic E-state index is 0.0407. The van der Waals surface area contributed by atoms with Gasteiger partial charge in [-0.15, -0.1) is 0 Å². The number of hydrogen-bond donors (Lipinski definition) is 2. The third-order valence-electron chi connectivity index (χ3n) is 3.84. The van der Waals surface area contributed by atoms with Crippen molar-refractivity contribution in [1.29, 1.82) is 0 Å². The number of carbonyl (C=O) groups excluding carboxylic acids is 2. The monoisotopic (exact) mass is 300 g/mol.